The predicted octanol–water partition coefficient (Wildman–Crippen LogP) is 9.02. The van der Waals surface area contributed by atoms with E-state index in [9.17, 15) is 55.8 Å². The number of carbonyl (C=O) groups is 6. The molecule has 77 heavy (non-hydrogen) atoms. The summed E-state index contributed by atoms with van der Waals surface area (Å²) in [6.45, 7) is 8.02. The first-order chi connectivity index (χ1) is 35.5. The van der Waals surface area contributed by atoms with Gasteiger partial charge in [-0.05, 0) is 124 Å². The van der Waals surface area contributed by atoms with Gasteiger partial charge in [-0.3, -0.25) is 9.59 Å². The molecule has 8 aliphatic carbocycles. The molecule has 2 aromatic heterocycles. The zero-order chi connectivity index (χ0) is 56.6. The maximum absolute atomic E-state index is 19.9. The first kappa shape index (κ1) is 54.9. The Morgan fingerprint density at radius 2 is 1.23 bits per heavy atom. The Morgan fingerprint density at radius 1 is 0.727 bits per heavy atom. The van der Waals surface area contributed by atoms with E-state index in [4.69, 9.17) is 18.6 Å². The maximum Gasteiger partial charge on any atom is 0.449 e. The lowest BCUT2D eigenvalue weighted by Crippen LogP contribution is -2.73. The molecule has 6 saturated carbocycles. The zero-order valence-electron chi connectivity index (χ0n) is 42.5. The van der Waals surface area contributed by atoms with Crippen LogP contribution < -0.4 is 0 Å². The number of fused-ring (bicyclic) bond motifs is 10. The lowest BCUT2D eigenvalue weighted by Gasteiger charge is -2.64. The molecule has 0 spiro atoms. The third-order valence-electron chi connectivity index (χ3n) is 19.9. The highest BCUT2D eigenvalue weighted by molar-refractivity contribution is 7.92. The van der Waals surface area contributed by atoms with Crippen molar-refractivity contribution < 1.29 is 96.8 Å². The number of hydrogen-bond donors (Lipinski definition) is 2. The van der Waals surface area contributed by atoms with Gasteiger partial charge in [-0.15, -0.1) is 11.3 Å². The van der Waals surface area contributed by atoms with Gasteiger partial charge in [0.1, 0.15) is 27.5 Å². The predicted molar refractivity (Wildman–Crippen MR) is 255 cm³/mol. The van der Waals surface area contributed by atoms with Crippen molar-refractivity contribution in [2.75, 3.05) is 6.26 Å². The second kappa shape index (κ2) is 17.0. The number of furan rings is 1. The average molecular weight is 1130 g/mol. The summed E-state index contributed by atoms with van der Waals surface area (Å²) in [7, 11) is -3.93. The fourth-order valence-corrected chi connectivity index (χ4v) is 18.2. The van der Waals surface area contributed by atoms with E-state index in [0.717, 1.165) is 48.8 Å². The van der Waals surface area contributed by atoms with Crippen molar-refractivity contribution in [3.05, 3.63) is 88.3 Å². The van der Waals surface area contributed by atoms with Crippen LogP contribution in [0.5, 0.6) is 0 Å². The van der Waals surface area contributed by atoms with Crippen molar-refractivity contribution in [2.24, 2.45) is 57.2 Å². The second-order valence-corrected chi connectivity index (χ2v) is 26.8. The Labute approximate surface area is 441 Å². The van der Waals surface area contributed by atoms with Crippen LogP contribution in [0.15, 0.2) is 80.5 Å². The minimum Gasteiger partial charge on any atom is -0.478 e. The molecule has 0 saturated heterocycles. The largest absolute Gasteiger partial charge is 0.478 e. The zero-order valence-corrected chi connectivity index (χ0v) is 44.2. The Kier molecular flexibility index (Phi) is 12.2. The second-order valence-electron chi connectivity index (χ2n) is 23.5. The number of thiophene rings is 1. The van der Waals surface area contributed by atoms with E-state index >= 15 is 22.4 Å². The normalized spacial score (nSPS) is 43.8. The number of aliphatic carboxylic acids is 1. The lowest BCUT2D eigenvalue weighted by atomic mass is 9.44. The Bertz CT molecular complexity index is 3200. The van der Waals surface area contributed by atoms with E-state index in [-0.39, 0.29) is 33.1 Å². The number of carbonyl (C=O) groups excluding carboxylic acids is 5. The number of esters is 3. The van der Waals surface area contributed by atoms with Crippen LogP contribution in [-0.2, 0) is 49.4 Å². The van der Waals surface area contributed by atoms with Crippen molar-refractivity contribution in [3.8, 4) is 0 Å². The average Bonchev–Trinajstić information content (AvgIpc) is 4.37. The van der Waals surface area contributed by atoms with Gasteiger partial charge in [-0.25, -0.2) is 45.2 Å². The summed E-state index contributed by atoms with van der Waals surface area (Å²) in [5.74, 6) is -18.6. The fourth-order valence-electron chi connectivity index (χ4n) is 16.4. The van der Waals surface area contributed by atoms with Crippen molar-refractivity contribution in [3.63, 3.8) is 0 Å². The van der Waals surface area contributed by atoms with Gasteiger partial charge in [0, 0.05) is 51.6 Å². The number of alkyl halides is 7. The Morgan fingerprint density at radius 3 is 1.74 bits per heavy atom. The first-order valence-corrected chi connectivity index (χ1v) is 27.9. The van der Waals surface area contributed by atoms with E-state index in [1.54, 1.807) is 0 Å². The van der Waals surface area contributed by atoms with E-state index in [0.29, 0.717) is 23.5 Å². The number of aliphatic hydroxyl groups excluding tert-OH is 1. The van der Waals surface area contributed by atoms with Gasteiger partial charge < -0.3 is 28.8 Å². The molecule has 2 N–H and O–H groups in total. The number of halogens is 7. The van der Waals surface area contributed by atoms with Crippen molar-refractivity contribution in [2.45, 2.75) is 138 Å². The summed E-state index contributed by atoms with van der Waals surface area (Å²) in [5, 5.41) is 23.7. The number of aliphatic hydroxyl groups is 1. The monoisotopic (exact) mass is 1120 g/mol. The van der Waals surface area contributed by atoms with Crippen molar-refractivity contribution in [1.29, 1.82) is 0 Å². The molecule has 0 amide bonds. The number of ether oxygens (including phenoxy) is 3. The molecule has 2 aromatic rings. The summed E-state index contributed by atoms with van der Waals surface area (Å²) < 4.78 is 162. The summed E-state index contributed by atoms with van der Waals surface area (Å²) in [5.41, 5.74) is -20.1. The smallest absolute Gasteiger partial charge is 0.449 e. The summed E-state index contributed by atoms with van der Waals surface area (Å²) in [6, 6.07) is 3.25. The number of rotatable bonds is 8. The number of ketones is 2. The van der Waals surface area contributed by atoms with Gasteiger partial charge in [0.25, 0.3) is 0 Å². The van der Waals surface area contributed by atoms with Gasteiger partial charge in [-0.1, -0.05) is 39.8 Å². The molecule has 18 atom stereocenters. The van der Waals surface area contributed by atoms with Crippen molar-refractivity contribution >= 4 is 56.6 Å². The van der Waals surface area contributed by atoms with Gasteiger partial charge >= 0.3 is 30.1 Å². The SMILES string of the molecule is C[C@@H]1CC2C3C[C@H](F)C4=CC(=O)C=C[C@]4(C)[C@@]3(F)[C@@H](O)C[C@]2(C)[C@@]1(OC(=O)c1ccc(S(C)(=O)=O)s1)C(=O)O[C@H]1C[C@@]2(C)[C@@H](C[C@@H](C)[C@]2(OC(=O)c2ccc(C(F)(F)F)o2)C(=O)O)[C@@H]2C[C@H](F)C3=CC(=O)C=C[C@]3(C)[C@@]12F. The molecule has 10 rings (SSSR count). The highest BCUT2D eigenvalue weighted by Gasteiger charge is 2.82. The van der Waals surface area contributed by atoms with Crippen LogP contribution in [0, 0.1) is 57.2 Å². The van der Waals surface area contributed by atoms with E-state index in [1.807, 2.05) is 0 Å². The number of carboxylic acids is 1. The molecule has 6 fully saturated rings. The summed E-state index contributed by atoms with van der Waals surface area (Å²) >= 11 is 0.471. The third kappa shape index (κ3) is 7.08. The number of carboxylic acid groups (broad SMARTS) is 1. The minimum absolute atomic E-state index is 0.219. The van der Waals surface area contributed by atoms with E-state index in [1.165, 1.54) is 47.6 Å². The van der Waals surface area contributed by atoms with Gasteiger partial charge in [0.2, 0.25) is 22.7 Å². The molecule has 2 heterocycles. The lowest BCUT2D eigenvalue weighted by molar-refractivity contribution is -0.256. The fraction of sp³-hybridized carbons (Fsp3) is 0.593. The summed E-state index contributed by atoms with van der Waals surface area (Å²) in [4.78, 5) is 84.0. The highest BCUT2D eigenvalue weighted by Crippen LogP contribution is 2.75. The first-order valence-electron chi connectivity index (χ1n) is 25.2. The molecule has 23 heteroatoms. The number of sulfone groups is 1. The molecule has 0 radical (unpaired) electrons. The van der Waals surface area contributed by atoms with Crippen LogP contribution in [0.25, 0.3) is 0 Å². The van der Waals surface area contributed by atoms with Crippen LogP contribution in [0.4, 0.5) is 30.7 Å². The molecule has 8 aliphatic rings. The molecule has 0 aromatic carbocycles. The standard InChI is InChI=1S/C54H55F7O14S2/c1-24-16-29-31-21-35(56)33-19-27(63)13-15-47(33,4)51(31,58)40(23-49(29,6)52(24,44(67)68)74-42(65)36-8-10-39(72-36)54(59,60)61)73-45(69)53(75-43(66)37-9-11-41(76-37)77(7,70)71)25(2)17-28-30-20-34(55)32-18-26(62)12-14-46(32,3)50(30,57)38(64)22-48(28,53)5/h8-15,18-19,24-25,28-31,34-35,38,40,64H,16-17,20-23H2,1-7H3,(H,67,68)/t24-,25-,28?,29+,30?,31+,34+,35+,38+,40+,46+,47+,48+,49+,50+,51+,52+,53+/m1/s1. The van der Waals surface area contributed by atoms with Crippen LogP contribution in [0.2, 0.25) is 0 Å². The van der Waals surface area contributed by atoms with Crippen LogP contribution in [0.1, 0.15) is 106 Å². The highest BCUT2D eigenvalue weighted by atomic mass is 32.2. The third-order valence-corrected chi connectivity index (χ3v) is 22.8. The number of allylic oxidation sites excluding steroid dienone is 8. The molecule has 0 aliphatic heterocycles. The summed E-state index contributed by atoms with van der Waals surface area (Å²) in [6.07, 6.45) is -10.0. The topological polar surface area (TPSA) is 218 Å². The molecule has 0 bridgehead atoms. The molecular weight excluding hydrogens is 1070 g/mol. The number of hydrogen-bond acceptors (Lipinski definition) is 14. The van der Waals surface area contributed by atoms with Crippen LogP contribution in [0.3, 0.4) is 0 Å². The molecule has 2 unspecified atom stereocenters. The quantitative estimate of drug-likeness (QED) is 0.143. The van der Waals surface area contributed by atoms with Crippen LogP contribution in [-0.4, -0.2) is 107 Å². The van der Waals surface area contributed by atoms with Gasteiger partial charge in [-0.2, -0.15) is 13.2 Å². The maximum atomic E-state index is 19.9. The van der Waals surface area contributed by atoms with E-state index in [2.05, 4.69) is 0 Å². The van der Waals surface area contributed by atoms with Gasteiger partial charge in [0.15, 0.2) is 32.7 Å². The Hall–Kier alpha value is -5.42. The van der Waals surface area contributed by atoms with E-state index < -0.39 is 193 Å². The molecular formula is C54H55F7O14S2. The van der Waals surface area contributed by atoms with Crippen molar-refractivity contribution in [1.82, 2.24) is 0 Å². The minimum atomic E-state index is -5.08. The molecule has 14 nitrogen and oxygen atoms in total. The molecule has 416 valence electrons. The van der Waals surface area contributed by atoms with Gasteiger partial charge in [0.05, 0.1) is 6.10 Å². The van der Waals surface area contributed by atoms with Crippen LogP contribution >= 0.6 is 11.3 Å². The Balaban J connectivity index is 1.14.